The number of carbonyl (C=O) groups is 2. The van der Waals surface area contributed by atoms with E-state index >= 15 is 0 Å². The summed E-state index contributed by atoms with van der Waals surface area (Å²) in [6.45, 7) is 6.55. The molecule has 0 radical (unpaired) electrons. The number of thiazole rings is 1. The Morgan fingerprint density at radius 3 is 2.52 bits per heavy atom. The molecule has 0 aliphatic carbocycles. The number of thioether (sulfide) groups is 1. The molecule has 23 heavy (non-hydrogen) atoms. The highest BCUT2D eigenvalue weighted by atomic mass is 32.2. The average Bonchev–Trinajstić information content (AvgIpc) is 3.07. The number of hydrogen-bond donors (Lipinski definition) is 1. The van der Waals surface area contributed by atoms with Crippen LogP contribution in [0, 0.1) is 0 Å². The molecule has 1 aliphatic heterocycles. The molecule has 2 heterocycles. The van der Waals surface area contributed by atoms with Crippen molar-refractivity contribution in [1.82, 2.24) is 10.3 Å². The standard InChI is InChI=1S/C17H20N2O2S2/c1-4-9-7-12-15(11(6-3)10(9)5-2)19-17(22-12)23-13-8-14(20)18-16(13)21/h7,13H,4-6,8H2,1-3H3,(H,18,20,21). The summed E-state index contributed by atoms with van der Waals surface area (Å²) in [6.07, 6.45) is 3.25. The number of nitrogens with one attached hydrogen (secondary N) is 1. The third-order valence-corrected chi connectivity index (χ3v) is 6.53. The van der Waals surface area contributed by atoms with Gasteiger partial charge >= 0.3 is 0 Å². The van der Waals surface area contributed by atoms with Gasteiger partial charge in [-0.3, -0.25) is 14.9 Å². The van der Waals surface area contributed by atoms with Gasteiger partial charge in [-0.1, -0.05) is 32.5 Å². The maximum absolute atomic E-state index is 11.8. The van der Waals surface area contributed by atoms with E-state index in [4.69, 9.17) is 4.98 Å². The third-order valence-electron chi connectivity index (χ3n) is 4.23. The summed E-state index contributed by atoms with van der Waals surface area (Å²) < 4.78 is 2.06. The molecule has 6 heteroatoms. The second-order valence-corrected chi connectivity index (χ2v) is 8.08. The maximum Gasteiger partial charge on any atom is 0.240 e. The van der Waals surface area contributed by atoms with Crippen molar-refractivity contribution in [2.45, 2.75) is 56.0 Å². The molecule has 2 amide bonds. The normalized spacial score (nSPS) is 18.0. The third kappa shape index (κ3) is 3.02. The molecule has 1 N–H and O–H groups in total. The zero-order valence-corrected chi connectivity index (χ0v) is 15.2. The molecule has 1 aromatic carbocycles. The van der Waals surface area contributed by atoms with Crippen LogP contribution in [0.25, 0.3) is 10.2 Å². The molecule has 1 saturated heterocycles. The molecule has 1 atom stereocenters. The second-order valence-electron chi connectivity index (χ2n) is 5.60. The fourth-order valence-corrected chi connectivity index (χ4v) is 5.53. The summed E-state index contributed by atoms with van der Waals surface area (Å²) in [5.74, 6) is -0.386. The van der Waals surface area contributed by atoms with Gasteiger partial charge in [-0.2, -0.15) is 0 Å². The van der Waals surface area contributed by atoms with Gasteiger partial charge < -0.3 is 0 Å². The van der Waals surface area contributed by atoms with Crippen LogP contribution in [0.4, 0.5) is 0 Å². The Morgan fingerprint density at radius 1 is 1.22 bits per heavy atom. The number of fused-ring (bicyclic) bond motifs is 1. The highest BCUT2D eigenvalue weighted by molar-refractivity contribution is 8.02. The highest BCUT2D eigenvalue weighted by Crippen LogP contribution is 2.37. The summed E-state index contributed by atoms with van der Waals surface area (Å²) in [6, 6.07) is 2.24. The molecule has 1 unspecified atom stereocenters. The number of hydrogen-bond acceptors (Lipinski definition) is 5. The average molecular weight is 348 g/mol. The first-order valence-electron chi connectivity index (χ1n) is 8.01. The van der Waals surface area contributed by atoms with Gasteiger partial charge in [0.05, 0.1) is 15.5 Å². The minimum absolute atomic E-state index is 0.190. The number of aromatic nitrogens is 1. The molecule has 1 aromatic heterocycles. The molecule has 0 spiro atoms. The minimum atomic E-state index is -0.343. The van der Waals surface area contributed by atoms with Crippen LogP contribution in [0.5, 0.6) is 0 Å². The summed E-state index contributed by atoms with van der Waals surface area (Å²) in [5, 5.41) is 2.01. The summed E-state index contributed by atoms with van der Waals surface area (Å²) in [5.41, 5.74) is 5.21. The summed E-state index contributed by atoms with van der Waals surface area (Å²) >= 11 is 3.04. The summed E-state index contributed by atoms with van der Waals surface area (Å²) in [4.78, 5) is 27.9. The van der Waals surface area contributed by atoms with Gasteiger partial charge in [-0.15, -0.1) is 11.3 Å². The number of aryl methyl sites for hydroxylation is 2. The lowest BCUT2D eigenvalue weighted by atomic mass is 9.95. The van der Waals surface area contributed by atoms with Gasteiger partial charge in [0.1, 0.15) is 0 Å². The van der Waals surface area contributed by atoms with Crippen LogP contribution in [-0.2, 0) is 28.9 Å². The van der Waals surface area contributed by atoms with Crippen molar-refractivity contribution in [3.05, 3.63) is 22.8 Å². The van der Waals surface area contributed by atoms with Crippen molar-refractivity contribution in [3.8, 4) is 0 Å². The van der Waals surface area contributed by atoms with E-state index in [0.29, 0.717) is 0 Å². The van der Waals surface area contributed by atoms with Crippen molar-refractivity contribution in [3.63, 3.8) is 0 Å². The fourth-order valence-electron chi connectivity index (χ4n) is 3.14. The lowest BCUT2D eigenvalue weighted by molar-refractivity contribution is -0.124. The van der Waals surface area contributed by atoms with E-state index in [2.05, 4.69) is 32.2 Å². The topological polar surface area (TPSA) is 59.1 Å². The predicted octanol–water partition coefficient (Wildman–Crippen LogP) is 3.49. The van der Waals surface area contributed by atoms with Crippen LogP contribution in [-0.4, -0.2) is 22.0 Å². The number of carbonyl (C=O) groups excluding carboxylic acids is 2. The molecular formula is C17H20N2O2S2. The van der Waals surface area contributed by atoms with Crippen LogP contribution >= 0.6 is 23.1 Å². The number of rotatable bonds is 5. The molecule has 0 bridgehead atoms. The largest absolute Gasteiger partial charge is 0.295 e. The second kappa shape index (κ2) is 6.61. The lowest BCUT2D eigenvalue weighted by Gasteiger charge is -2.12. The first kappa shape index (κ1) is 16.5. The Kier molecular flexibility index (Phi) is 4.73. The lowest BCUT2D eigenvalue weighted by Crippen LogP contribution is -2.22. The number of imide groups is 1. The van der Waals surface area contributed by atoms with E-state index in [0.717, 1.165) is 29.1 Å². The van der Waals surface area contributed by atoms with Crippen molar-refractivity contribution in [2.24, 2.45) is 0 Å². The van der Waals surface area contributed by atoms with Crippen molar-refractivity contribution < 1.29 is 9.59 Å². The molecule has 3 rings (SSSR count). The van der Waals surface area contributed by atoms with Gasteiger partial charge in [-0.05, 0) is 42.0 Å². The van der Waals surface area contributed by atoms with E-state index < -0.39 is 0 Å². The Labute approximate surface area is 144 Å². The van der Waals surface area contributed by atoms with E-state index in [-0.39, 0.29) is 23.5 Å². The molecule has 4 nitrogen and oxygen atoms in total. The Balaban J connectivity index is 2.01. The van der Waals surface area contributed by atoms with Gasteiger partial charge in [-0.25, -0.2) is 4.98 Å². The molecule has 1 fully saturated rings. The number of nitrogens with zero attached hydrogens (tertiary/aromatic N) is 1. The molecular weight excluding hydrogens is 328 g/mol. The number of amides is 2. The molecule has 122 valence electrons. The van der Waals surface area contributed by atoms with Crippen molar-refractivity contribution in [2.75, 3.05) is 0 Å². The van der Waals surface area contributed by atoms with Crippen LogP contribution < -0.4 is 5.32 Å². The van der Waals surface area contributed by atoms with E-state index in [1.165, 1.54) is 33.2 Å². The Morgan fingerprint density at radius 2 is 1.96 bits per heavy atom. The van der Waals surface area contributed by atoms with Crippen LogP contribution in [0.3, 0.4) is 0 Å². The van der Waals surface area contributed by atoms with Crippen LogP contribution in [0.2, 0.25) is 0 Å². The van der Waals surface area contributed by atoms with E-state index in [1.807, 2.05) is 0 Å². The quantitative estimate of drug-likeness (QED) is 0.840. The van der Waals surface area contributed by atoms with E-state index in [9.17, 15) is 9.59 Å². The van der Waals surface area contributed by atoms with Gasteiger partial charge in [0.15, 0.2) is 4.34 Å². The first-order valence-corrected chi connectivity index (χ1v) is 9.71. The monoisotopic (exact) mass is 348 g/mol. The Hall–Kier alpha value is -1.40. The number of benzene rings is 1. The summed E-state index contributed by atoms with van der Waals surface area (Å²) in [7, 11) is 0. The van der Waals surface area contributed by atoms with E-state index in [1.54, 1.807) is 11.3 Å². The zero-order valence-electron chi connectivity index (χ0n) is 13.6. The van der Waals surface area contributed by atoms with Crippen molar-refractivity contribution in [1.29, 1.82) is 0 Å². The first-order chi connectivity index (χ1) is 11.1. The zero-order chi connectivity index (χ0) is 16.6. The van der Waals surface area contributed by atoms with Crippen LogP contribution in [0.15, 0.2) is 10.4 Å². The Bertz CT molecular complexity index is 782. The SMILES string of the molecule is CCc1cc2sc(SC3CC(=O)NC3=O)nc2c(CC)c1CC. The highest BCUT2D eigenvalue weighted by Gasteiger charge is 2.32. The van der Waals surface area contributed by atoms with Crippen LogP contribution in [0.1, 0.15) is 43.9 Å². The maximum atomic E-state index is 11.8. The smallest absolute Gasteiger partial charge is 0.240 e. The van der Waals surface area contributed by atoms with Gasteiger partial charge in [0.25, 0.3) is 0 Å². The minimum Gasteiger partial charge on any atom is -0.295 e. The van der Waals surface area contributed by atoms with Gasteiger partial charge in [0.2, 0.25) is 11.8 Å². The molecule has 0 saturated carbocycles. The molecule has 1 aliphatic rings. The fraction of sp³-hybridized carbons (Fsp3) is 0.471. The van der Waals surface area contributed by atoms with Gasteiger partial charge in [0, 0.05) is 6.42 Å². The van der Waals surface area contributed by atoms with Crippen molar-refractivity contribution >= 4 is 45.1 Å². The molecule has 2 aromatic rings. The predicted molar refractivity (Wildman–Crippen MR) is 95.2 cm³/mol.